The molecule has 0 bridgehead atoms. The molecule has 12 heavy (non-hydrogen) atoms. The van der Waals surface area contributed by atoms with Gasteiger partial charge < -0.3 is 10.5 Å². The van der Waals surface area contributed by atoms with Crippen LogP contribution in [-0.2, 0) is 0 Å². The second-order valence-corrected chi connectivity index (χ2v) is 2.15. The van der Waals surface area contributed by atoms with E-state index in [1.807, 2.05) is 0 Å². The fourth-order valence-electron chi connectivity index (χ4n) is 0.792. The predicted octanol–water partition coefficient (Wildman–Crippen LogP) is 1.42. The summed E-state index contributed by atoms with van der Waals surface area (Å²) < 4.78 is 17.8. The quantitative estimate of drug-likeness (QED) is 0.531. The lowest BCUT2D eigenvalue weighted by Gasteiger charge is -2.05. The molecule has 0 heterocycles. The third kappa shape index (κ3) is 1.67. The van der Waals surface area contributed by atoms with Crippen molar-refractivity contribution in [1.82, 2.24) is 0 Å². The first-order valence-corrected chi connectivity index (χ1v) is 3.36. The molecule has 0 saturated carbocycles. The van der Waals surface area contributed by atoms with E-state index >= 15 is 0 Å². The van der Waals surface area contributed by atoms with E-state index in [0.29, 0.717) is 0 Å². The Bertz CT molecular complexity index is 297. The molecule has 0 fully saturated rings. The molecule has 0 aromatic heterocycles. The summed E-state index contributed by atoms with van der Waals surface area (Å²) in [7, 11) is 0. The number of benzene rings is 1. The van der Waals surface area contributed by atoms with E-state index in [1.165, 1.54) is 12.1 Å². The number of nitrogen functional groups attached to an aromatic ring is 1. The van der Waals surface area contributed by atoms with Crippen LogP contribution in [0.3, 0.4) is 0 Å². The van der Waals surface area contributed by atoms with Crippen LogP contribution in [0.15, 0.2) is 18.2 Å². The van der Waals surface area contributed by atoms with Gasteiger partial charge in [-0.2, -0.15) is 0 Å². The van der Waals surface area contributed by atoms with Crippen molar-refractivity contribution in [3.8, 4) is 18.1 Å². The number of rotatable bonds is 2. The fraction of sp³-hybridized carbons (Fsp3) is 0.111. The summed E-state index contributed by atoms with van der Waals surface area (Å²) >= 11 is 0. The van der Waals surface area contributed by atoms with Gasteiger partial charge >= 0.3 is 0 Å². The standard InChI is InChI=1S/C9H8FNO/c1-2-6-12-9-7(10)4-3-5-8(9)11/h1,3-5H,6,11H2. The molecule has 0 unspecified atom stereocenters. The van der Waals surface area contributed by atoms with Gasteiger partial charge in [-0.25, -0.2) is 4.39 Å². The first-order chi connectivity index (χ1) is 5.75. The lowest BCUT2D eigenvalue weighted by molar-refractivity contribution is 0.350. The fourth-order valence-corrected chi connectivity index (χ4v) is 0.792. The summed E-state index contributed by atoms with van der Waals surface area (Å²) in [6.07, 6.45) is 4.94. The highest BCUT2D eigenvalue weighted by molar-refractivity contribution is 5.52. The van der Waals surface area contributed by atoms with Crippen LogP contribution >= 0.6 is 0 Å². The van der Waals surface area contributed by atoms with Gasteiger partial charge in [0.1, 0.15) is 6.61 Å². The van der Waals surface area contributed by atoms with Crippen molar-refractivity contribution in [1.29, 1.82) is 0 Å². The summed E-state index contributed by atoms with van der Waals surface area (Å²) in [4.78, 5) is 0. The second kappa shape index (κ2) is 3.63. The maximum atomic E-state index is 12.9. The van der Waals surface area contributed by atoms with Crippen molar-refractivity contribution in [2.45, 2.75) is 0 Å². The number of nitrogens with two attached hydrogens (primary N) is 1. The van der Waals surface area contributed by atoms with Gasteiger partial charge in [-0.05, 0) is 12.1 Å². The number of para-hydroxylation sites is 1. The Morgan fingerprint density at radius 1 is 1.58 bits per heavy atom. The van der Waals surface area contributed by atoms with E-state index in [0.717, 1.165) is 0 Å². The smallest absolute Gasteiger partial charge is 0.179 e. The van der Waals surface area contributed by atoms with E-state index in [4.69, 9.17) is 16.9 Å². The van der Waals surface area contributed by atoms with Crippen LogP contribution in [0, 0.1) is 18.2 Å². The molecule has 0 saturated heterocycles. The molecule has 1 aromatic rings. The molecule has 2 N–H and O–H groups in total. The molecule has 0 radical (unpaired) electrons. The van der Waals surface area contributed by atoms with Crippen LogP contribution in [0.4, 0.5) is 10.1 Å². The SMILES string of the molecule is C#CCOc1c(N)cccc1F. The van der Waals surface area contributed by atoms with Gasteiger partial charge in [0, 0.05) is 0 Å². The summed E-state index contributed by atoms with van der Waals surface area (Å²) in [6, 6.07) is 4.32. The Morgan fingerprint density at radius 2 is 2.33 bits per heavy atom. The van der Waals surface area contributed by atoms with Gasteiger partial charge in [-0.1, -0.05) is 12.0 Å². The molecule has 62 valence electrons. The second-order valence-electron chi connectivity index (χ2n) is 2.15. The van der Waals surface area contributed by atoms with Crippen LogP contribution in [0.2, 0.25) is 0 Å². The van der Waals surface area contributed by atoms with Crippen LogP contribution in [-0.4, -0.2) is 6.61 Å². The van der Waals surface area contributed by atoms with Gasteiger partial charge in [0.2, 0.25) is 0 Å². The van der Waals surface area contributed by atoms with E-state index in [9.17, 15) is 4.39 Å². The average molecular weight is 165 g/mol. The summed E-state index contributed by atoms with van der Waals surface area (Å²) in [6.45, 7) is 0.0190. The van der Waals surface area contributed by atoms with Crippen molar-refractivity contribution < 1.29 is 9.13 Å². The van der Waals surface area contributed by atoms with Gasteiger partial charge in [-0.15, -0.1) is 6.42 Å². The summed E-state index contributed by atoms with van der Waals surface area (Å²) in [5, 5.41) is 0. The van der Waals surface area contributed by atoms with Crippen LogP contribution in [0.25, 0.3) is 0 Å². The average Bonchev–Trinajstić information content (AvgIpc) is 2.04. The van der Waals surface area contributed by atoms with Gasteiger partial charge in [0.05, 0.1) is 5.69 Å². The topological polar surface area (TPSA) is 35.2 Å². The highest BCUT2D eigenvalue weighted by Gasteiger charge is 2.05. The zero-order chi connectivity index (χ0) is 8.97. The summed E-state index contributed by atoms with van der Waals surface area (Å²) in [5.41, 5.74) is 5.68. The molecule has 3 heteroatoms. The van der Waals surface area contributed by atoms with E-state index in [-0.39, 0.29) is 18.0 Å². The molecule has 0 aliphatic rings. The Morgan fingerprint density at radius 3 is 2.92 bits per heavy atom. The number of hydrogen-bond acceptors (Lipinski definition) is 2. The molecule has 0 spiro atoms. The molecular weight excluding hydrogens is 157 g/mol. The highest BCUT2D eigenvalue weighted by Crippen LogP contribution is 2.24. The van der Waals surface area contributed by atoms with Gasteiger partial charge in [0.15, 0.2) is 11.6 Å². The number of hydrogen-bond donors (Lipinski definition) is 1. The lowest BCUT2D eigenvalue weighted by Crippen LogP contribution is -2.00. The van der Waals surface area contributed by atoms with Crippen molar-refractivity contribution in [2.24, 2.45) is 0 Å². The molecule has 0 amide bonds. The molecule has 1 aromatic carbocycles. The van der Waals surface area contributed by atoms with Gasteiger partial charge in [-0.3, -0.25) is 0 Å². The summed E-state index contributed by atoms with van der Waals surface area (Å²) in [5.74, 6) is 1.75. The number of terminal acetylenes is 1. The minimum atomic E-state index is -0.495. The first kappa shape index (κ1) is 8.41. The van der Waals surface area contributed by atoms with Crippen molar-refractivity contribution >= 4 is 5.69 Å². The zero-order valence-corrected chi connectivity index (χ0v) is 6.38. The third-order valence-corrected chi connectivity index (χ3v) is 1.30. The maximum absolute atomic E-state index is 12.9. The Hall–Kier alpha value is -1.69. The van der Waals surface area contributed by atoms with Gasteiger partial charge in [0.25, 0.3) is 0 Å². The first-order valence-electron chi connectivity index (χ1n) is 3.36. The maximum Gasteiger partial charge on any atom is 0.179 e. The number of ether oxygens (including phenoxy) is 1. The van der Waals surface area contributed by atoms with E-state index < -0.39 is 5.82 Å². The molecule has 2 nitrogen and oxygen atoms in total. The minimum Gasteiger partial charge on any atom is -0.476 e. The number of anilines is 1. The molecule has 0 aliphatic heterocycles. The van der Waals surface area contributed by atoms with Crippen LogP contribution < -0.4 is 10.5 Å². The Balaban J connectivity index is 2.90. The Kier molecular flexibility index (Phi) is 2.54. The van der Waals surface area contributed by atoms with Crippen molar-refractivity contribution in [2.75, 3.05) is 12.3 Å². The minimum absolute atomic E-state index is 0.0190. The van der Waals surface area contributed by atoms with Crippen LogP contribution in [0.1, 0.15) is 0 Å². The molecule has 1 rings (SSSR count). The molecule has 0 atom stereocenters. The van der Waals surface area contributed by atoms with E-state index in [2.05, 4.69) is 5.92 Å². The predicted molar refractivity (Wildman–Crippen MR) is 45.1 cm³/mol. The third-order valence-electron chi connectivity index (χ3n) is 1.30. The highest BCUT2D eigenvalue weighted by atomic mass is 19.1. The largest absolute Gasteiger partial charge is 0.476 e. The lowest BCUT2D eigenvalue weighted by atomic mass is 10.3. The Labute approximate surface area is 70.1 Å². The van der Waals surface area contributed by atoms with Crippen LogP contribution in [0.5, 0.6) is 5.75 Å². The van der Waals surface area contributed by atoms with Crippen molar-refractivity contribution in [3.05, 3.63) is 24.0 Å². The molecule has 0 aliphatic carbocycles. The van der Waals surface area contributed by atoms with E-state index in [1.54, 1.807) is 6.07 Å². The molecular formula is C9H8FNO. The van der Waals surface area contributed by atoms with Crippen molar-refractivity contribution in [3.63, 3.8) is 0 Å². The monoisotopic (exact) mass is 165 g/mol. The zero-order valence-electron chi connectivity index (χ0n) is 6.38. The normalized spacial score (nSPS) is 9.00. The number of halogens is 1.